The van der Waals surface area contributed by atoms with E-state index >= 15 is 0 Å². The van der Waals surface area contributed by atoms with Crippen molar-refractivity contribution in [3.63, 3.8) is 0 Å². The zero-order valence-corrected chi connectivity index (χ0v) is 15.8. The number of para-hydroxylation sites is 1. The van der Waals surface area contributed by atoms with Gasteiger partial charge in [0.05, 0.1) is 16.9 Å². The molecule has 0 aliphatic carbocycles. The summed E-state index contributed by atoms with van der Waals surface area (Å²) in [5, 5.41) is 5.58. The Bertz CT molecular complexity index is 976. The van der Waals surface area contributed by atoms with Gasteiger partial charge in [-0.25, -0.2) is 9.37 Å². The summed E-state index contributed by atoms with van der Waals surface area (Å²) in [6, 6.07) is 7.71. The molecule has 5 nitrogen and oxygen atoms in total. The van der Waals surface area contributed by atoms with Gasteiger partial charge >= 0.3 is 6.18 Å². The predicted molar refractivity (Wildman–Crippen MR) is 103 cm³/mol. The maximum Gasteiger partial charge on any atom is 0.418 e. The molecule has 0 fully saturated rings. The lowest BCUT2D eigenvalue weighted by Crippen LogP contribution is -2.17. The minimum atomic E-state index is -4.72. The maximum absolute atomic E-state index is 14.2. The molecule has 3 rings (SSSR count). The quantitative estimate of drug-likeness (QED) is 0.519. The highest BCUT2D eigenvalue weighted by Crippen LogP contribution is 2.37. The minimum Gasteiger partial charge on any atom is -0.352 e. The van der Waals surface area contributed by atoms with Crippen molar-refractivity contribution in [2.24, 2.45) is 0 Å². The Kier molecular flexibility index (Phi) is 5.95. The van der Waals surface area contributed by atoms with Gasteiger partial charge in [0.15, 0.2) is 0 Å². The van der Waals surface area contributed by atoms with E-state index in [1.54, 1.807) is 24.5 Å². The van der Waals surface area contributed by atoms with Gasteiger partial charge in [0.25, 0.3) is 0 Å². The van der Waals surface area contributed by atoms with Crippen molar-refractivity contribution in [2.45, 2.75) is 32.5 Å². The van der Waals surface area contributed by atoms with Crippen LogP contribution in [0.3, 0.4) is 0 Å². The van der Waals surface area contributed by atoms with Crippen LogP contribution in [-0.2, 0) is 6.18 Å². The van der Waals surface area contributed by atoms with Crippen LogP contribution in [0.5, 0.6) is 0 Å². The highest BCUT2D eigenvalue weighted by Gasteiger charge is 2.35. The van der Waals surface area contributed by atoms with Crippen molar-refractivity contribution in [3.05, 3.63) is 60.2 Å². The third kappa shape index (κ3) is 4.98. The second-order valence-electron chi connectivity index (χ2n) is 6.44. The van der Waals surface area contributed by atoms with Gasteiger partial charge in [-0.15, -0.1) is 0 Å². The van der Waals surface area contributed by atoms with Gasteiger partial charge in [0, 0.05) is 30.1 Å². The van der Waals surface area contributed by atoms with E-state index in [4.69, 9.17) is 0 Å². The average molecular weight is 405 g/mol. The van der Waals surface area contributed by atoms with Crippen LogP contribution in [0.15, 0.2) is 48.8 Å². The number of hydrogen-bond acceptors (Lipinski definition) is 5. The Morgan fingerprint density at radius 3 is 2.45 bits per heavy atom. The van der Waals surface area contributed by atoms with E-state index in [2.05, 4.69) is 25.6 Å². The van der Waals surface area contributed by atoms with Gasteiger partial charge in [-0.2, -0.15) is 18.2 Å². The van der Waals surface area contributed by atoms with Crippen LogP contribution in [0.2, 0.25) is 0 Å². The number of hydrogen-bond donors (Lipinski definition) is 2. The summed E-state index contributed by atoms with van der Waals surface area (Å²) in [6.45, 7) is 3.90. The highest BCUT2D eigenvalue weighted by atomic mass is 19.4. The Hall–Kier alpha value is -3.23. The molecule has 0 saturated heterocycles. The zero-order valence-electron chi connectivity index (χ0n) is 15.8. The first-order valence-corrected chi connectivity index (χ1v) is 8.96. The Morgan fingerprint density at radius 1 is 1.07 bits per heavy atom. The number of nitrogens with one attached hydrogen (secondary N) is 2. The number of rotatable bonds is 6. The Balaban J connectivity index is 2.07. The first-order valence-electron chi connectivity index (χ1n) is 8.96. The molecular weight excluding hydrogens is 386 g/mol. The lowest BCUT2D eigenvalue weighted by atomic mass is 10.1. The maximum atomic E-state index is 14.2. The van der Waals surface area contributed by atoms with Gasteiger partial charge in [-0.05, 0) is 37.6 Å². The topological polar surface area (TPSA) is 62.7 Å². The molecule has 152 valence electrons. The van der Waals surface area contributed by atoms with Crippen molar-refractivity contribution >= 4 is 17.5 Å². The van der Waals surface area contributed by atoms with E-state index in [-0.39, 0.29) is 17.8 Å². The summed E-state index contributed by atoms with van der Waals surface area (Å²) in [4.78, 5) is 12.6. The molecule has 0 amide bonds. The van der Waals surface area contributed by atoms with Crippen molar-refractivity contribution < 1.29 is 17.6 Å². The molecule has 0 spiro atoms. The third-order valence-electron chi connectivity index (χ3n) is 4.26. The van der Waals surface area contributed by atoms with Crippen LogP contribution in [0.25, 0.3) is 11.3 Å². The van der Waals surface area contributed by atoms with Gasteiger partial charge in [0.1, 0.15) is 11.6 Å². The molecule has 0 bridgehead atoms. The molecule has 0 unspecified atom stereocenters. The second-order valence-corrected chi connectivity index (χ2v) is 6.44. The van der Waals surface area contributed by atoms with Crippen LogP contribution in [0.4, 0.5) is 35.0 Å². The number of anilines is 3. The lowest BCUT2D eigenvalue weighted by Gasteiger charge is -2.17. The van der Waals surface area contributed by atoms with Crippen LogP contribution in [-0.4, -0.2) is 21.0 Å². The number of halogens is 4. The molecule has 1 aromatic carbocycles. The van der Waals surface area contributed by atoms with E-state index < -0.39 is 23.2 Å². The summed E-state index contributed by atoms with van der Waals surface area (Å²) in [6.07, 6.45) is -0.782. The molecule has 3 aromatic rings. The van der Waals surface area contributed by atoms with Crippen molar-refractivity contribution in [1.29, 1.82) is 0 Å². The van der Waals surface area contributed by atoms with Crippen molar-refractivity contribution in [3.8, 4) is 11.3 Å². The minimum absolute atomic E-state index is 0.0354. The number of nitrogens with zero attached hydrogens (tertiary/aromatic N) is 3. The summed E-state index contributed by atoms with van der Waals surface area (Å²) >= 11 is 0. The molecule has 1 atom stereocenters. The van der Waals surface area contributed by atoms with E-state index in [1.165, 1.54) is 6.07 Å². The molecule has 0 saturated carbocycles. The van der Waals surface area contributed by atoms with Gasteiger partial charge in [0.2, 0.25) is 5.95 Å². The molecule has 2 heterocycles. The monoisotopic (exact) mass is 405 g/mol. The first kappa shape index (κ1) is 20.5. The molecule has 0 radical (unpaired) electrons. The SMILES string of the molecule is CC[C@@H](C)Nc1nc(Nc2c(F)cccc2C(F)(F)F)cc(-c2ccncc2)n1. The lowest BCUT2D eigenvalue weighted by molar-refractivity contribution is -0.137. The van der Waals surface area contributed by atoms with Gasteiger partial charge in [-0.3, -0.25) is 4.98 Å². The molecule has 29 heavy (non-hydrogen) atoms. The largest absolute Gasteiger partial charge is 0.418 e. The Labute approximate surface area is 165 Å². The molecule has 0 aliphatic heterocycles. The second kappa shape index (κ2) is 8.42. The van der Waals surface area contributed by atoms with Crippen LogP contribution < -0.4 is 10.6 Å². The van der Waals surface area contributed by atoms with Crippen LogP contribution in [0, 0.1) is 5.82 Å². The summed E-state index contributed by atoms with van der Waals surface area (Å²) in [7, 11) is 0. The normalized spacial score (nSPS) is 12.5. The third-order valence-corrected chi connectivity index (χ3v) is 4.26. The highest BCUT2D eigenvalue weighted by molar-refractivity contribution is 5.69. The molecule has 0 aliphatic rings. The van der Waals surface area contributed by atoms with E-state index in [1.807, 2.05) is 13.8 Å². The molecule has 2 N–H and O–H groups in total. The molecule has 9 heteroatoms. The standard InChI is InChI=1S/C20H19F4N5/c1-3-12(2)26-19-27-16(13-7-9-25-10-8-13)11-17(29-19)28-18-14(20(22,23)24)5-4-6-15(18)21/h4-12H,3H2,1-2H3,(H2,26,27,28,29)/t12-/m1/s1. The van der Waals surface area contributed by atoms with E-state index in [0.717, 1.165) is 24.6 Å². The number of pyridine rings is 1. The summed E-state index contributed by atoms with van der Waals surface area (Å²) in [5.74, 6) is -0.769. The fourth-order valence-electron chi connectivity index (χ4n) is 2.58. The van der Waals surface area contributed by atoms with E-state index in [0.29, 0.717) is 11.3 Å². The zero-order chi connectivity index (χ0) is 21.0. The first-order chi connectivity index (χ1) is 13.8. The number of alkyl halides is 3. The van der Waals surface area contributed by atoms with Crippen LogP contribution >= 0.6 is 0 Å². The number of aromatic nitrogens is 3. The van der Waals surface area contributed by atoms with Gasteiger partial charge in [-0.1, -0.05) is 13.0 Å². The van der Waals surface area contributed by atoms with E-state index in [9.17, 15) is 17.6 Å². The molecular formula is C20H19F4N5. The van der Waals surface area contributed by atoms with Crippen LogP contribution in [0.1, 0.15) is 25.8 Å². The van der Waals surface area contributed by atoms with Crippen molar-refractivity contribution in [1.82, 2.24) is 15.0 Å². The fourth-order valence-corrected chi connectivity index (χ4v) is 2.58. The average Bonchev–Trinajstić information content (AvgIpc) is 2.69. The molecule has 2 aromatic heterocycles. The Morgan fingerprint density at radius 2 is 1.79 bits per heavy atom. The van der Waals surface area contributed by atoms with Crippen molar-refractivity contribution in [2.75, 3.05) is 10.6 Å². The van der Waals surface area contributed by atoms with Gasteiger partial charge < -0.3 is 10.6 Å². The number of benzene rings is 1. The fraction of sp³-hybridized carbons (Fsp3) is 0.250. The summed E-state index contributed by atoms with van der Waals surface area (Å²) in [5.41, 5.74) is -0.644. The summed E-state index contributed by atoms with van der Waals surface area (Å²) < 4.78 is 54.2. The smallest absolute Gasteiger partial charge is 0.352 e. The predicted octanol–water partition coefficient (Wildman–Crippen LogP) is 5.65.